The maximum atomic E-state index is 5.72. The van der Waals surface area contributed by atoms with E-state index < -0.39 is 0 Å². The molecule has 2 aliphatic rings. The first-order valence-electron chi connectivity index (χ1n) is 7.67. The molecule has 4 heteroatoms. The van der Waals surface area contributed by atoms with Crippen molar-refractivity contribution in [3.8, 4) is 0 Å². The van der Waals surface area contributed by atoms with Gasteiger partial charge in [0.15, 0.2) is 0 Å². The maximum absolute atomic E-state index is 5.72. The molecule has 0 aromatic carbocycles. The average Bonchev–Trinajstić information content (AvgIpc) is 2.39. The molecule has 1 saturated heterocycles. The van der Waals surface area contributed by atoms with Crippen molar-refractivity contribution < 1.29 is 0 Å². The molecule has 1 saturated carbocycles. The Morgan fingerprint density at radius 1 is 1.11 bits per heavy atom. The Morgan fingerprint density at radius 3 is 2.53 bits per heavy atom. The van der Waals surface area contributed by atoms with Gasteiger partial charge < -0.3 is 10.6 Å². The van der Waals surface area contributed by atoms with Crippen LogP contribution in [0.1, 0.15) is 56.4 Å². The van der Waals surface area contributed by atoms with E-state index in [4.69, 9.17) is 5.73 Å². The van der Waals surface area contributed by atoms with Crippen LogP contribution in [0, 0.1) is 0 Å². The highest BCUT2D eigenvalue weighted by atomic mass is 15.3. The van der Waals surface area contributed by atoms with E-state index in [0.717, 1.165) is 31.4 Å². The predicted octanol–water partition coefficient (Wildman–Crippen LogP) is 2.45. The van der Waals surface area contributed by atoms with Crippen molar-refractivity contribution in [3.63, 3.8) is 0 Å². The van der Waals surface area contributed by atoms with Gasteiger partial charge in [-0.3, -0.25) is 0 Å². The Hall–Kier alpha value is -1.16. The van der Waals surface area contributed by atoms with Gasteiger partial charge in [-0.2, -0.15) is 0 Å². The third kappa shape index (κ3) is 2.73. The second-order valence-corrected chi connectivity index (χ2v) is 5.86. The number of piperidine rings is 1. The first kappa shape index (κ1) is 12.9. The summed E-state index contributed by atoms with van der Waals surface area (Å²) in [5.74, 6) is 1.62. The van der Waals surface area contributed by atoms with Crippen molar-refractivity contribution in [3.05, 3.63) is 18.0 Å². The quantitative estimate of drug-likeness (QED) is 0.903. The summed E-state index contributed by atoms with van der Waals surface area (Å²) in [5, 5.41) is 0. The molecule has 1 aliphatic heterocycles. The van der Waals surface area contributed by atoms with E-state index in [0.29, 0.717) is 6.04 Å². The lowest BCUT2D eigenvalue weighted by Gasteiger charge is -2.36. The summed E-state index contributed by atoms with van der Waals surface area (Å²) in [4.78, 5) is 11.6. The number of rotatable bonds is 4. The minimum atomic E-state index is 0.535. The van der Waals surface area contributed by atoms with Gasteiger partial charge in [0.2, 0.25) is 5.95 Å². The van der Waals surface area contributed by atoms with Crippen LogP contribution in [0.3, 0.4) is 0 Å². The SMILES string of the molecule is NCCC1CCCCN1c1ncc(C2CCC2)cn1. The largest absolute Gasteiger partial charge is 0.338 e. The van der Waals surface area contributed by atoms with Gasteiger partial charge in [0, 0.05) is 25.0 Å². The maximum Gasteiger partial charge on any atom is 0.225 e. The molecule has 0 bridgehead atoms. The molecule has 2 fully saturated rings. The van der Waals surface area contributed by atoms with Crippen molar-refractivity contribution in [2.45, 2.75) is 56.9 Å². The number of hydrogen-bond acceptors (Lipinski definition) is 4. The first-order chi connectivity index (χ1) is 9.38. The fourth-order valence-corrected chi connectivity index (χ4v) is 3.19. The normalized spacial score (nSPS) is 24.3. The van der Waals surface area contributed by atoms with Crippen LogP contribution in [0.15, 0.2) is 12.4 Å². The van der Waals surface area contributed by atoms with Crippen molar-refractivity contribution in [2.75, 3.05) is 18.0 Å². The molecule has 0 radical (unpaired) electrons. The van der Waals surface area contributed by atoms with Crippen LogP contribution in [0.5, 0.6) is 0 Å². The van der Waals surface area contributed by atoms with Crippen molar-refractivity contribution in [1.29, 1.82) is 0 Å². The van der Waals surface area contributed by atoms with Gasteiger partial charge >= 0.3 is 0 Å². The number of nitrogens with two attached hydrogens (primary N) is 1. The van der Waals surface area contributed by atoms with E-state index in [9.17, 15) is 0 Å². The third-order valence-corrected chi connectivity index (χ3v) is 4.62. The van der Waals surface area contributed by atoms with E-state index in [1.807, 2.05) is 12.4 Å². The topological polar surface area (TPSA) is 55.0 Å². The second-order valence-electron chi connectivity index (χ2n) is 5.86. The molecule has 2 heterocycles. The first-order valence-corrected chi connectivity index (χ1v) is 7.67. The number of aromatic nitrogens is 2. The van der Waals surface area contributed by atoms with Gasteiger partial charge in [0.1, 0.15) is 0 Å². The minimum Gasteiger partial charge on any atom is -0.338 e. The van der Waals surface area contributed by atoms with Crippen LogP contribution in [-0.4, -0.2) is 29.1 Å². The second kappa shape index (κ2) is 5.87. The summed E-state index contributed by atoms with van der Waals surface area (Å²) in [5.41, 5.74) is 7.04. The van der Waals surface area contributed by atoms with E-state index in [-0.39, 0.29) is 0 Å². The fourth-order valence-electron chi connectivity index (χ4n) is 3.19. The summed E-state index contributed by atoms with van der Waals surface area (Å²) >= 11 is 0. The van der Waals surface area contributed by atoms with E-state index in [1.54, 1.807) is 0 Å². The lowest BCUT2D eigenvalue weighted by atomic mass is 9.81. The summed E-state index contributed by atoms with van der Waals surface area (Å²) in [6, 6.07) is 0.535. The summed E-state index contributed by atoms with van der Waals surface area (Å²) < 4.78 is 0. The van der Waals surface area contributed by atoms with Crippen LogP contribution >= 0.6 is 0 Å². The molecule has 1 aromatic heterocycles. The lowest BCUT2D eigenvalue weighted by Crippen LogP contribution is -2.41. The highest BCUT2D eigenvalue weighted by molar-refractivity contribution is 5.33. The highest BCUT2D eigenvalue weighted by Crippen LogP contribution is 2.36. The molecule has 3 rings (SSSR count). The fraction of sp³-hybridized carbons (Fsp3) is 0.733. The molecular weight excluding hydrogens is 236 g/mol. The molecule has 1 atom stereocenters. The van der Waals surface area contributed by atoms with Gasteiger partial charge in [0.25, 0.3) is 0 Å². The Kier molecular flexibility index (Phi) is 3.97. The zero-order valence-corrected chi connectivity index (χ0v) is 11.6. The van der Waals surface area contributed by atoms with Crippen LogP contribution < -0.4 is 10.6 Å². The summed E-state index contributed by atoms with van der Waals surface area (Å²) in [6.07, 6.45) is 12.9. The minimum absolute atomic E-state index is 0.535. The molecule has 104 valence electrons. The van der Waals surface area contributed by atoms with E-state index in [2.05, 4.69) is 14.9 Å². The van der Waals surface area contributed by atoms with Crippen molar-refractivity contribution in [2.24, 2.45) is 5.73 Å². The Morgan fingerprint density at radius 2 is 1.89 bits per heavy atom. The van der Waals surface area contributed by atoms with Gasteiger partial charge in [-0.05, 0) is 56.6 Å². The molecule has 1 unspecified atom stereocenters. The Labute approximate surface area is 115 Å². The predicted molar refractivity (Wildman–Crippen MR) is 77.3 cm³/mol. The Balaban J connectivity index is 1.72. The Bertz CT molecular complexity index is 397. The van der Waals surface area contributed by atoms with Gasteiger partial charge in [0.05, 0.1) is 0 Å². The van der Waals surface area contributed by atoms with Crippen LogP contribution in [-0.2, 0) is 0 Å². The summed E-state index contributed by atoms with van der Waals surface area (Å²) in [7, 11) is 0. The van der Waals surface area contributed by atoms with Gasteiger partial charge in [-0.1, -0.05) is 6.42 Å². The third-order valence-electron chi connectivity index (χ3n) is 4.62. The monoisotopic (exact) mass is 260 g/mol. The molecule has 4 nitrogen and oxygen atoms in total. The molecule has 1 aliphatic carbocycles. The molecular formula is C15H24N4. The molecule has 0 amide bonds. The highest BCUT2D eigenvalue weighted by Gasteiger charge is 2.25. The lowest BCUT2D eigenvalue weighted by molar-refractivity contribution is 0.415. The van der Waals surface area contributed by atoms with Gasteiger partial charge in [-0.25, -0.2) is 9.97 Å². The average molecular weight is 260 g/mol. The number of anilines is 1. The van der Waals surface area contributed by atoms with Crippen LogP contribution in [0.2, 0.25) is 0 Å². The van der Waals surface area contributed by atoms with E-state index in [1.165, 1.54) is 44.1 Å². The molecule has 1 aromatic rings. The molecule has 19 heavy (non-hydrogen) atoms. The van der Waals surface area contributed by atoms with Crippen molar-refractivity contribution >= 4 is 5.95 Å². The number of nitrogens with zero attached hydrogens (tertiary/aromatic N) is 3. The molecule has 0 spiro atoms. The van der Waals surface area contributed by atoms with Crippen LogP contribution in [0.25, 0.3) is 0 Å². The summed E-state index contributed by atoms with van der Waals surface area (Å²) in [6.45, 7) is 1.83. The van der Waals surface area contributed by atoms with Crippen molar-refractivity contribution in [1.82, 2.24) is 9.97 Å². The standard InChI is InChI=1S/C15H24N4/c16-8-7-14-6-1-2-9-19(14)15-17-10-13(11-18-15)12-4-3-5-12/h10-12,14H,1-9,16H2. The number of hydrogen-bond donors (Lipinski definition) is 1. The zero-order chi connectivity index (χ0) is 13.1. The zero-order valence-electron chi connectivity index (χ0n) is 11.6. The molecule has 2 N–H and O–H groups in total. The van der Waals surface area contributed by atoms with Gasteiger partial charge in [-0.15, -0.1) is 0 Å². The smallest absolute Gasteiger partial charge is 0.225 e. The van der Waals surface area contributed by atoms with E-state index >= 15 is 0 Å². The van der Waals surface area contributed by atoms with Crippen LogP contribution in [0.4, 0.5) is 5.95 Å².